The molecule has 4 aromatic carbocycles. The number of para-hydroxylation sites is 2. The van der Waals surface area contributed by atoms with Gasteiger partial charge in [0.05, 0.1) is 12.8 Å². The molecule has 50 heavy (non-hydrogen) atoms. The second-order valence-corrected chi connectivity index (χ2v) is 16.1. The lowest BCUT2D eigenvalue weighted by Crippen LogP contribution is -2.17. The van der Waals surface area contributed by atoms with E-state index in [2.05, 4.69) is 0 Å². The fourth-order valence-corrected chi connectivity index (χ4v) is 9.25. The van der Waals surface area contributed by atoms with E-state index in [0.29, 0.717) is 11.5 Å². The summed E-state index contributed by atoms with van der Waals surface area (Å²) >= 11 is 10.4. The lowest BCUT2D eigenvalue weighted by molar-refractivity contribution is -0.140. The molecule has 0 atom stereocenters. The van der Waals surface area contributed by atoms with Gasteiger partial charge in [-0.3, -0.25) is 9.59 Å². The monoisotopic (exact) mass is 774 g/mol. The van der Waals surface area contributed by atoms with Crippen LogP contribution in [-0.4, -0.2) is 23.9 Å². The summed E-state index contributed by atoms with van der Waals surface area (Å²) in [5.74, 6) is -2.41. The van der Waals surface area contributed by atoms with Gasteiger partial charge in [-0.2, -0.15) is 0 Å². The van der Waals surface area contributed by atoms with Crippen LogP contribution in [0.5, 0.6) is 23.0 Å². The fourth-order valence-electron chi connectivity index (χ4n) is 4.44. The highest BCUT2D eigenvalue weighted by molar-refractivity contribution is 7.80. The van der Waals surface area contributed by atoms with Crippen LogP contribution in [0.15, 0.2) is 109 Å². The molecule has 2 heterocycles. The zero-order valence-electron chi connectivity index (χ0n) is 25.5. The first-order valence-corrected chi connectivity index (χ1v) is 19.8. The van der Waals surface area contributed by atoms with Gasteiger partial charge in [-0.1, -0.05) is 90.1 Å². The first-order chi connectivity index (χ1) is 24.2. The van der Waals surface area contributed by atoms with Gasteiger partial charge < -0.3 is 18.9 Å². The molecule has 0 saturated heterocycles. The normalized spacial score (nSPS) is 10.6. The molecule has 0 aliphatic carbocycles. The lowest BCUT2D eigenvalue weighted by atomic mass is 10.2. The molecule has 0 fully saturated rings. The fraction of sp³-hybridized carbons (Fsp3) is 0.0556. The van der Waals surface area contributed by atoms with E-state index < -0.39 is 23.9 Å². The van der Waals surface area contributed by atoms with Gasteiger partial charge in [0.2, 0.25) is 0 Å². The van der Waals surface area contributed by atoms with Crippen molar-refractivity contribution < 1.29 is 38.1 Å². The smallest absolute Gasteiger partial charge is 0.347 e. The Morgan fingerprint density at radius 3 is 1.22 bits per heavy atom. The molecule has 0 aliphatic rings. The van der Waals surface area contributed by atoms with E-state index in [9.17, 15) is 19.2 Å². The number of ether oxygens (including phenoxy) is 4. The Labute approximate surface area is 310 Å². The second kappa shape index (κ2) is 16.3. The summed E-state index contributed by atoms with van der Waals surface area (Å²) in [5, 5.41) is 0. The molecule has 2 aromatic heterocycles. The zero-order valence-corrected chi connectivity index (χ0v) is 30.4. The molecule has 14 heteroatoms. The zero-order chi connectivity index (χ0) is 35.0. The van der Waals surface area contributed by atoms with Gasteiger partial charge in [-0.25, -0.2) is 9.59 Å². The highest BCUT2D eigenvalue weighted by Gasteiger charge is 2.20. The average Bonchev–Trinajstić information content (AvgIpc) is 3.76. The highest BCUT2D eigenvalue weighted by atomic mass is 32.9. The number of hydrogen-bond acceptors (Lipinski definition) is 14. The number of benzene rings is 4. The van der Waals surface area contributed by atoms with E-state index in [1.54, 1.807) is 69.2 Å². The van der Waals surface area contributed by atoms with Crippen LogP contribution >= 0.6 is 65.8 Å². The van der Waals surface area contributed by atoms with Crippen molar-refractivity contribution in [2.24, 2.45) is 0 Å². The number of hydrogen-bond donors (Lipinski definition) is 0. The van der Waals surface area contributed by atoms with Gasteiger partial charge in [-0.15, -0.1) is 0 Å². The van der Waals surface area contributed by atoms with E-state index in [1.807, 2.05) is 36.4 Å². The Morgan fingerprint density at radius 1 is 0.480 bits per heavy atom. The lowest BCUT2D eigenvalue weighted by Gasteiger charge is -2.11. The van der Waals surface area contributed by atoms with Crippen LogP contribution in [0.3, 0.4) is 0 Å². The molecule has 0 saturated carbocycles. The Hall–Kier alpha value is -4.70. The first kappa shape index (κ1) is 35.1. The molecular formula is C36H22O8S6. The molecule has 0 radical (unpaired) electrons. The summed E-state index contributed by atoms with van der Waals surface area (Å²) in [4.78, 5) is 53.4. The first-order valence-electron chi connectivity index (χ1n) is 14.7. The third kappa shape index (κ3) is 9.09. The number of carbonyl (C=O) groups is 4. The third-order valence-corrected chi connectivity index (χ3v) is 12.6. The number of rotatable bonds is 11. The largest absolute Gasteiger partial charge is 0.426 e. The summed E-state index contributed by atoms with van der Waals surface area (Å²) < 4.78 is 23.5. The maximum absolute atomic E-state index is 13.0. The SMILES string of the molecule is O=C(CCC(=O)Oc1ccccc1C(=O)Oc1ccc(-c2cc(=S)ss2)cc1)Oc1ccccc1C(=O)Oc1ccc(-c2cc(=S)ss2)cc1. The van der Waals surface area contributed by atoms with Crippen molar-refractivity contribution in [1.29, 1.82) is 0 Å². The van der Waals surface area contributed by atoms with Crippen molar-refractivity contribution in [3.63, 3.8) is 0 Å². The van der Waals surface area contributed by atoms with Crippen LogP contribution in [0.1, 0.15) is 33.6 Å². The molecular weight excluding hydrogens is 753 g/mol. The summed E-state index contributed by atoms with van der Waals surface area (Å²) in [5.41, 5.74) is 1.95. The summed E-state index contributed by atoms with van der Waals surface area (Å²) in [6, 6.07) is 30.1. The molecule has 0 bridgehead atoms. The minimum Gasteiger partial charge on any atom is -0.426 e. The van der Waals surface area contributed by atoms with Crippen molar-refractivity contribution in [3.8, 4) is 43.9 Å². The third-order valence-electron chi connectivity index (χ3n) is 6.82. The van der Waals surface area contributed by atoms with Gasteiger partial charge in [-0.05, 0) is 96.1 Å². The van der Waals surface area contributed by atoms with Crippen LogP contribution in [0, 0.1) is 7.65 Å². The predicted molar refractivity (Wildman–Crippen MR) is 200 cm³/mol. The van der Waals surface area contributed by atoms with Crippen molar-refractivity contribution in [2.45, 2.75) is 12.8 Å². The van der Waals surface area contributed by atoms with E-state index in [4.69, 9.17) is 43.4 Å². The Morgan fingerprint density at radius 2 is 0.860 bits per heavy atom. The predicted octanol–water partition coefficient (Wildman–Crippen LogP) is 10.5. The minimum atomic E-state index is -0.770. The topological polar surface area (TPSA) is 105 Å². The van der Waals surface area contributed by atoms with Crippen LogP contribution in [-0.2, 0) is 9.59 Å². The van der Waals surface area contributed by atoms with Crippen molar-refractivity contribution in [2.75, 3.05) is 0 Å². The molecule has 0 unspecified atom stereocenters. The van der Waals surface area contributed by atoms with Crippen LogP contribution in [0.4, 0.5) is 0 Å². The van der Waals surface area contributed by atoms with Crippen molar-refractivity contribution in [1.82, 2.24) is 0 Å². The van der Waals surface area contributed by atoms with Gasteiger partial charge >= 0.3 is 23.9 Å². The van der Waals surface area contributed by atoms with Crippen molar-refractivity contribution >= 4 is 89.7 Å². The maximum Gasteiger partial charge on any atom is 0.347 e. The molecule has 0 aliphatic heterocycles. The summed E-state index contributed by atoms with van der Waals surface area (Å²) in [6.45, 7) is 0. The molecule has 0 amide bonds. The molecule has 6 aromatic rings. The molecule has 6 rings (SSSR count). The Kier molecular flexibility index (Phi) is 11.5. The van der Waals surface area contributed by atoms with Crippen LogP contribution in [0.25, 0.3) is 20.9 Å². The molecule has 250 valence electrons. The number of carbonyl (C=O) groups excluding carboxylic acids is 4. The summed E-state index contributed by atoms with van der Waals surface area (Å²) in [6.07, 6.45) is -0.702. The van der Waals surface area contributed by atoms with E-state index in [1.165, 1.54) is 44.9 Å². The quantitative estimate of drug-likeness (QED) is 0.0547. The average molecular weight is 775 g/mol. The standard InChI is InChI=1S/C36H22O8S6/c37-31(43-27-7-3-1-5-25(27)35(39)41-23-13-9-21(10-14-23)29-19-33(45)49-47-29)17-18-32(38)44-28-8-4-2-6-26(28)36(40)42-24-15-11-22(12-16-24)30-20-34(46)50-48-30/h1-16,19-20H,17-18H2. The van der Waals surface area contributed by atoms with Gasteiger partial charge in [0.25, 0.3) is 0 Å². The summed E-state index contributed by atoms with van der Waals surface area (Å²) in [7, 11) is 6.15. The highest BCUT2D eigenvalue weighted by Crippen LogP contribution is 2.32. The van der Waals surface area contributed by atoms with Crippen molar-refractivity contribution in [3.05, 3.63) is 128 Å². The van der Waals surface area contributed by atoms with E-state index in [0.717, 1.165) is 28.5 Å². The Balaban J connectivity index is 1.02. The van der Waals surface area contributed by atoms with E-state index in [-0.39, 0.29) is 35.5 Å². The van der Waals surface area contributed by atoms with Gasteiger partial charge in [0, 0.05) is 9.75 Å². The second-order valence-electron chi connectivity index (χ2n) is 10.3. The van der Waals surface area contributed by atoms with Gasteiger partial charge in [0.15, 0.2) is 0 Å². The molecule has 8 nitrogen and oxygen atoms in total. The Bertz CT molecular complexity index is 2130. The maximum atomic E-state index is 13.0. The molecule has 0 N–H and O–H groups in total. The minimum absolute atomic E-state index is 0.0206. The van der Waals surface area contributed by atoms with E-state index >= 15 is 0 Å². The van der Waals surface area contributed by atoms with Crippen LogP contribution in [0.2, 0.25) is 0 Å². The van der Waals surface area contributed by atoms with Gasteiger partial charge in [0.1, 0.15) is 41.8 Å². The number of esters is 4. The molecule has 0 spiro atoms. The van der Waals surface area contributed by atoms with Crippen LogP contribution < -0.4 is 18.9 Å².